The van der Waals surface area contributed by atoms with Gasteiger partial charge in [-0.3, -0.25) is 4.68 Å². The highest BCUT2D eigenvalue weighted by Crippen LogP contribution is 2.08. The maximum atomic E-state index is 12.2. The fraction of sp³-hybridized carbons (Fsp3) is 0.727. The molecule has 0 fully saturated rings. The third-order valence-electron chi connectivity index (χ3n) is 2.57. The minimum Gasteiger partial charge on any atom is -0.311 e. The van der Waals surface area contributed by atoms with Crippen LogP contribution in [0.25, 0.3) is 0 Å². The number of rotatable bonds is 7. The van der Waals surface area contributed by atoms with E-state index in [1.54, 1.807) is 6.20 Å². The Morgan fingerprint density at radius 3 is 2.53 bits per heavy atom. The molecule has 0 unspecified atom stereocenters. The van der Waals surface area contributed by atoms with Gasteiger partial charge in [-0.15, -0.1) is 24.8 Å². The second-order valence-electron chi connectivity index (χ2n) is 4.31. The molecule has 0 aliphatic carbocycles. The summed E-state index contributed by atoms with van der Waals surface area (Å²) < 4.78 is 25.8. The second kappa shape index (κ2) is 10.4. The lowest BCUT2D eigenvalue weighted by Gasteiger charge is -2.10. The van der Waals surface area contributed by atoms with Crippen molar-refractivity contribution in [2.75, 3.05) is 27.2 Å². The molecule has 0 spiro atoms. The summed E-state index contributed by atoms with van der Waals surface area (Å²) in [4.78, 5) is 2.08. The van der Waals surface area contributed by atoms with Gasteiger partial charge in [0.25, 0.3) is 6.43 Å². The van der Waals surface area contributed by atoms with Crippen LogP contribution in [0, 0.1) is 6.92 Å². The number of halogens is 4. The van der Waals surface area contributed by atoms with Crippen LogP contribution in [0.2, 0.25) is 0 Å². The monoisotopic (exact) mass is 318 g/mol. The first-order valence-electron chi connectivity index (χ1n) is 5.65. The van der Waals surface area contributed by atoms with Crippen LogP contribution in [0.3, 0.4) is 0 Å². The molecule has 0 aliphatic rings. The van der Waals surface area contributed by atoms with E-state index in [2.05, 4.69) is 15.3 Å². The first-order valence-corrected chi connectivity index (χ1v) is 5.65. The molecule has 1 rings (SSSR count). The average Bonchev–Trinajstić information content (AvgIpc) is 2.55. The van der Waals surface area contributed by atoms with Crippen LogP contribution in [0.15, 0.2) is 6.20 Å². The summed E-state index contributed by atoms with van der Waals surface area (Å²) in [5, 5.41) is 7.21. The van der Waals surface area contributed by atoms with Crippen LogP contribution in [-0.4, -0.2) is 48.3 Å². The molecule has 0 saturated heterocycles. The Balaban J connectivity index is 0. The van der Waals surface area contributed by atoms with Gasteiger partial charge >= 0.3 is 0 Å². The molecule has 0 amide bonds. The van der Waals surface area contributed by atoms with Crippen LogP contribution in [0.1, 0.15) is 11.3 Å². The van der Waals surface area contributed by atoms with Crippen molar-refractivity contribution in [3.05, 3.63) is 17.5 Å². The molecule has 8 heteroatoms. The highest BCUT2D eigenvalue weighted by Gasteiger charge is 2.10. The number of nitrogens with zero attached hydrogens (tertiary/aromatic N) is 3. The minimum absolute atomic E-state index is 0. The molecule has 0 atom stereocenters. The Morgan fingerprint density at radius 1 is 1.37 bits per heavy atom. The zero-order valence-electron chi connectivity index (χ0n) is 11.4. The van der Waals surface area contributed by atoms with Crippen molar-refractivity contribution in [1.29, 1.82) is 0 Å². The Labute approximate surface area is 125 Å². The molecular weight excluding hydrogens is 297 g/mol. The van der Waals surface area contributed by atoms with Crippen LogP contribution >= 0.6 is 24.8 Å². The van der Waals surface area contributed by atoms with Crippen molar-refractivity contribution in [3.8, 4) is 0 Å². The molecule has 0 saturated carbocycles. The van der Waals surface area contributed by atoms with E-state index < -0.39 is 6.43 Å². The number of hydrogen-bond acceptors (Lipinski definition) is 3. The van der Waals surface area contributed by atoms with Crippen molar-refractivity contribution in [2.24, 2.45) is 0 Å². The zero-order valence-corrected chi connectivity index (χ0v) is 13.0. The predicted molar refractivity (Wildman–Crippen MR) is 77.7 cm³/mol. The van der Waals surface area contributed by atoms with E-state index in [1.165, 1.54) is 4.68 Å². The third-order valence-corrected chi connectivity index (χ3v) is 2.57. The Morgan fingerprint density at radius 2 is 2.00 bits per heavy atom. The summed E-state index contributed by atoms with van der Waals surface area (Å²) in [6, 6.07) is 0. The third kappa shape index (κ3) is 7.67. The van der Waals surface area contributed by atoms with E-state index in [-0.39, 0.29) is 31.4 Å². The van der Waals surface area contributed by atoms with Crippen LogP contribution < -0.4 is 5.32 Å². The number of aromatic nitrogens is 2. The van der Waals surface area contributed by atoms with Gasteiger partial charge in [0.05, 0.1) is 6.20 Å². The van der Waals surface area contributed by atoms with Gasteiger partial charge in [0, 0.05) is 30.9 Å². The molecule has 0 aliphatic heterocycles. The van der Waals surface area contributed by atoms with Gasteiger partial charge in [0.1, 0.15) is 6.54 Å². The SMILES string of the molecule is Cc1c(CNCCN(C)C)cnn1CC(F)F.Cl.Cl. The van der Waals surface area contributed by atoms with Gasteiger partial charge < -0.3 is 10.2 Å². The van der Waals surface area contributed by atoms with Gasteiger partial charge in [-0.1, -0.05) is 0 Å². The minimum atomic E-state index is -2.36. The van der Waals surface area contributed by atoms with Crippen LogP contribution in [0.5, 0.6) is 0 Å². The lowest BCUT2D eigenvalue weighted by Crippen LogP contribution is -2.26. The van der Waals surface area contributed by atoms with E-state index in [0.717, 1.165) is 24.3 Å². The maximum Gasteiger partial charge on any atom is 0.257 e. The standard InChI is InChI=1S/C11H20F2N4.2ClH/c1-9-10(6-14-4-5-16(2)3)7-15-17(9)8-11(12)13;;/h7,11,14H,4-6,8H2,1-3H3;2*1H. The normalized spacial score (nSPS) is 10.5. The first-order chi connectivity index (χ1) is 8.00. The first kappa shape index (κ1) is 20.9. The number of alkyl halides is 2. The van der Waals surface area contributed by atoms with Crippen molar-refractivity contribution in [2.45, 2.75) is 26.4 Å². The zero-order chi connectivity index (χ0) is 12.8. The quantitative estimate of drug-likeness (QED) is 0.780. The van der Waals surface area contributed by atoms with Crippen LogP contribution in [0.4, 0.5) is 8.78 Å². The molecule has 114 valence electrons. The maximum absolute atomic E-state index is 12.2. The molecule has 19 heavy (non-hydrogen) atoms. The molecule has 0 bridgehead atoms. The van der Waals surface area contributed by atoms with Gasteiger partial charge in [-0.25, -0.2) is 8.78 Å². The van der Waals surface area contributed by atoms with Crippen molar-refractivity contribution >= 4 is 24.8 Å². The molecule has 1 heterocycles. The Hall–Kier alpha value is -0.430. The molecule has 1 aromatic heterocycles. The second-order valence-corrected chi connectivity index (χ2v) is 4.31. The number of likely N-dealkylation sites (N-methyl/N-ethyl adjacent to an activating group) is 1. The summed E-state index contributed by atoms with van der Waals surface area (Å²) in [6.07, 6.45) is -0.705. The lowest BCUT2D eigenvalue weighted by molar-refractivity contribution is 0.121. The van der Waals surface area contributed by atoms with Crippen molar-refractivity contribution in [1.82, 2.24) is 20.0 Å². The predicted octanol–water partition coefficient (Wildman–Crippen LogP) is 1.95. The van der Waals surface area contributed by atoms with Gasteiger partial charge in [-0.05, 0) is 21.0 Å². The Kier molecular flexibility index (Phi) is 11.4. The number of hydrogen-bond donors (Lipinski definition) is 1. The smallest absolute Gasteiger partial charge is 0.257 e. The van der Waals surface area contributed by atoms with E-state index in [0.29, 0.717) is 6.54 Å². The lowest BCUT2D eigenvalue weighted by atomic mass is 10.2. The topological polar surface area (TPSA) is 33.1 Å². The highest BCUT2D eigenvalue weighted by atomic mass is 35.5. The van der Waals surface area contributed by atoms with E-state index in [1.807, 2.05) is 21.0 Å². The molecule has 0 radical (unpaired) electrons. The van der Waals surface area contributed by atoms with E-state index in [9.17, 15) is 8.78 Å². The van der Waals surface area contributed by atoms with Gasteiger partial charge in [0.2, 0.25) is 0 Å². The van der Waals surface area contributed by atoms with Crippen molar-refractivity contribution < 1.29 is 8.78 Å². The molecular formula is C11H22Cl2F2N4. The molecule has 4 nitrogen and oxygen atoms in total. The van der Waals surface area contributed by atoms with E-state index in [4.69, 9.17) is 0 Å². The summed E-state index contributed by atoms with van der Waals surface area (Å²) in [5.41, 5.74) is 1.78. The van der Waals surface area contributed by atoms with Crippen LogP contribution in [-0.2, 0) is 13.1 Å². The van der Waals surface area contributed by atoms with E-state index >= 15 is 0 Å². The average molecular weight is 319 g/mol. The highest BCUT2D eigenvalue weighted by molar-refractivity contribution is 5.85. The molecule has 0 aromatic carbocycles. The van der Waals surface area contributed by atoms with Gasteiger partial charge in [-0.2, -0.15) is 5.10 Å². The van der Waals surface area contributed by atoms with Crippen molar-refractivity contribution in [3.63, 3.8) is 0 Å². The summed E-state index contributed by atoms with van der Waals surface area (Å²) in [6.45, 7) is 3.97. The summed E-state index contributed by atoms with van der Waals surface area (Å²) in [5.74, 6) is 0. The molecule has 1 aromatic rings. The summed E-state index contributed by atoms with van der Waals surface area (Å²) >= 11 is 0. The number of nitrogens with one attached hydrogen (secondary N) is 1. The molecule has 1 N–H and O–H groups in total. The largest absolute Gasteiger partial charge is 0.311 e. The fourth-order valence-corrected chi connectivity index (χ4v) is 1.50. The fourth-order valence-electron chi connectivity index (χ4n) is 1.50. The van der Waals surface area contributed by atoms with Gasteiger partial charge in [0.15, 0.2) is 0 Å². The summed E-state index contributed by atoms with van der Waals surface area (Å²) in [7, 11) is 4.02. The Bertz CT molecular complexity index is 345.